The number of anilines is 1. The minimum atomic E-state index is -0.502. The minimum Gasteiger partial charge on any atom is -0.465 e. The fraction of sp³-hybridized carbons (Fsp3) is 0.211. The molecule has 0 saturated carbocycles. The van der Waals surface area contributed by atoms with Gasteiger partial charge in [-0.2, -0.15) is 0 Å². The highest BCUT2D eigenvalue weighted by molar-refractivity contribution is 7.15. The van der Waals surface area contributed by atoms with Crippen LogP contribution in [0.4, 0.5) is 5.00 Å². The Kier molecular flexibility index (Phi) is 5.18. The van der Waals surface area contributed by atoms with Crippen LogP contribution in [-0.4, -0.2) is 24.1 Å². The van der Waals surface area contributed by atoms with Crippen molar-refractivity contribution in [2.45, 2.75) is 20.3 Å². The maximum Gasteiger partial charge on any atom is 0.341 e. The van der Waals surface area contributed by atoms with Crippen LogP contribution in [0.5, 0.6) is 0 Å². The highest BCUT2D eigenvalue weighted by atomic mass is 32.1. The zero-order chi connectivity index (χ0) is 18.7. The molecule has 0 atom stereocenters. The Morgan fingerprint density at radius 1 is 1.23 bits per heavy atom. The van der Waals surface area contributed by atoms with E-state index in [1.807, 2.05) is 42.6 Å². The molecule has 7 heteroatoms. The first-order valence-corrected chi connectivity index (χ1v) is 8.96. The first-order valence-electron chi connectivity index (χ1n) is 8.08. The van der Waals surface area contributed by atoms with Gasteiger partial charge in [0.15, 0.2) is 0 Å². The normalized spacial score (nSPS) is 10.6. The quantitative estimate of drug-likeness (QED) is 0.677. The van der Waals surface area contributed by atoms with E-state index in [2.05, 4.69) is 10.5 Å². The lowest BCUT2D eigenvalue weighted by Crippen LogP contribution is -2.16. The molecule has 0 fully saturated rings. The van der Waals surface area contributed by atoms with Crippen molar-refractivity contribution in [2.75, 3.05) is 12.4 Å². The lowest BCUT2D eigenvalue weighted by atomic mass is 10.0. The third-order valence-corrected chi connectivity index (χ3v) is 4.88. The molecule has 3 aromatic rings. The number of nitrogens with zero attached hydrogens (tertiary/aromatic N) is 1. The number of ether oxygens (including phenoxy) is 1. The van der Waals surface area contributed by atoms with Crippen molar-refractivity contribution in [3.63, 3.8) is 0 Å². The monoisotopic (exact) mass is 370 g/mol. The largest absolute Gasteiger partial charge is 0.465 e. The number of carbonyl (C=O) groups is 2. The third-order valence-electron chi connectivity index (χ3n) is 3.99. The highest BCUT2D eigenvalue weighted by Gasteiger charge is 2.25. The Balaban J connectivity index is 2.00. The molecule has 6 nitrogen and oxygen atoms in total. The summed E-state index contributed by atoms with van der Waals surface area (Å²) in [6.07, 6.45) is 0.573. The smallest absolute Gasteiger partial charge is 0.341 e. The van der Waals surface area contributed by atoms with Crippen LogP contribution in [0.2, 0.25) is 0 Å². The van der Waals surface area contributed by atoms with E-state index in [9.17, 15) is 9.59 Å². The van der Waals surface area contributed by atoms with E-state index in [-0.39, 0.29) is 5.91 Å². The predicted molar refractivity (Wildman–Crippen MR) is 99.7 cm³/mol. The van der Waals surface area contributed by atoms with Crippen LogP contribution in [0.3, 0.4) is 0 Å². The molecule has 0 radical (unpaired) electrons. The summed E-state index contributed by atoms with van der Waals surface area (Å²) in [4.78, 5) is 25.1. The van der Waals surface area contributed by atoms with Gasteiger partial charge in [0, 0.05) is 10.9 Å². The van der Waals surface area contributed by atoms with Crippen molar-refractivity contribution < 1.29 is 18.8 Å². The number of aromatic nitrogens is 1. The van der Waals surface area contributed by atoms with Gasteiger partial charge >= 0.3 is 5.97 Å². The SMILES string of the molecule is CCc1noc(C)c1C(=O)Nc1scc(-c2ccccc2)c1C(=O)OC. The molecule has 0 aliphatic heterocycles. The number of nitrogens with one attached hydrogen (secondary N) is 1. The van der Waals surface area contributed by atoms with Crippen LogP contribution in [0.1, 0.15) is 39.1 Å². The first-order chi connectivity index (χ1) is 12.6. The summed E-state index contributed by atoms with van der Waals surface area (Å²) >= 11 is 1.28. The van der Waals surface area contributed by atoms with Gasteiger partial charge in [-0.15, -0.1) is 11.3 Å². The molecule has 0 spiro atoms. The molecule has 3 rings (SSSR count). The average Bonchev–Trinajstić information content (AvgIpc) is 3.25. The zero-order valence-corrected chi connectivity index (χ0v) is 15.5. The Labute approximate surface area is 154 Å². The standard InChI is InChI=1S/C19H18N2O4S/c1-4-14-15(11(2)25-21-14)17(22)20-18-16(19(23)24-3)13(10-26-18)12-8-6-5-7-9-12/h5-10H,4H2,1-3H3,(H,20,22). The van der Waals surface area contributed by atoms with Crippen molar-refractivity contribution in [1.82, 2.24) is 5.16 Å². The molecule has 2 aromatic heterocycles. The van der Waals surface area contributed by atoms with Gasteiger partial charge in [0.2, 0.25) is 0 Å². The topological polar surface area (TPSA) is 81.4 Å². The molecule has 0 saturated heterocycles. The maximum absolute atomic E-state index is 12.7. The van der Waals surface area contributed by atoms with Crippen LogP contribution in [-0.2, 0) is 11.2 Å². The lowest BCUT2D eigenvalue weighted by molar-refractivity contribution is 0.0603. The van der Waals surface area contributed by atoms with Crippen molar-refractivity contribution >= 4 is 28.2 Å². The summed E-state index contributed by atoms with van der Waals surface area (Å²) < 4.78 is 10.0. The number of rotatable bonds is 5. The van der Waals surface area contributed by atoms with Gasteiger partial charge in [0.05, 0.1) is 12.8 Å². The van der Waals surface area contributed by atoms with E-state index in [0.29, 0.717) is 34.0 Å². The molecule has 0 aliphatic carbocycles. The summed E-state index contributed by atoms with van der Waals surface area (Å²) in [7, 11) is 1.32. The summed E-state index contributed by atoms with van der Waals surface area (Å²) in [5.41, 5.74) is 2.91. The Morgan fingerprint density at radius 2 is 1.96 bits per heavy atom. The fourth-order valence-electron chi connectivity index (χ4n) is 2.70. The third kappa shape index (κ3) is 3.25. The Bertz CT molecular complexity index is 944. The number of carbonyl (C=O) groups excluding carboxylic acids is 2. The van der Waals surface area contributed by atoms with Crippen molar-refractivity contribution in [1.29, 1.82) is 0 Å². The average molecular weight is 370 g/mol. The van der Waals surface area contributed by atoms with Crippen LogP contribution in [0.15, 0.2) is 40.2 Å². The number of hydrogen-bond donors (Lipinski definition) is 1. The Hall–Kier alpha value is -2.93. The number of methoxy groups -OCH3 is 1. The van der Waals surface area contributed by atoms with Gasteiger partial charge in [-0.1, -0.05) is 42.4 Å². The van der Waals surface area contributed by atoms with E-state index in [1.165, 1.54) is 18.4 Å². The van der Waals surface area contributed by atoms with Crippen molar-refractivity contribution in [3.8, 4) is 11.1 Å². The molecule has 1 N–H and O–H groups in total. The van der Waals surface area contributed by atoms with E-state index in [0.717, 1.165) is 11.1 Å². The molecule has 0 unspecified atom stereocenters. The molecule has 134 valence electrons. The van der Waals surface area contributed by atoms with Gasteiger partial charge in [-0.3, -0.25) is 4.79 Å². The molecule has 1 amide bonds. The summed E-state index contributed by atoms with van der Waals surface area (Å²) in [6.45, 7) is 3.58. The predicted octanol–water partition coefficient (Wildman–Crippen LogP) is 4.31. The van der Waals surface area contributed by atoms with Gasteiger partial charge in [0.25, 0.3) is 5.91 Å². The number of hydrogen-bond acceptors (Lipinski definition) is 6. The second-order valence-corrected chi connectivity index (χ2v) is 6.46. The fourth-order valence-corrected chi connectivity index (χ4v) is 3.65. The highest BCUT2D eigenvalue weighted by Crippen LogP contribution is 2.36. The molecule has 0 aliphatic rings. The van der Waals surface area contributed by atoms with Gasteiger partial charge in [-0.25, -0.2) is 4.79 Å². The number of amides is 1. The van der Waals surface area contributed by atoms with E-state index >= 15 is 0 Å². The van der Waals surface area contributed by atoms with Gasteiger partial charge in [0.1, 0.15) is 21.9 Å². The number of esters is 1. The lowest BCUT2D eigenvalue weighted by Gasteiger charge is -2.08. The molecular formula is C19H18N2O4S. The minimum absolute atomic E-state index is 0.337. The van der Waals surface area contributed by atoms with Crippen LogP contribution < -0.4 is 5.32 Å². The summed E-state index contributed by atoms with van der Waals surface area (Å²) in [5.74, 6) is -0.413. The number of benzene rings is 1. The van der Waals surface area contributed by atoms with Crippen molar-refractivity contribution in [2.24, 2.45) is 0 Å². The van der Waals surface area contributed by atoms with Crippen LogP contribution in [0, 0.1) is 6.92 Å². The molecule has 1 aromatic carbocycles. The van der Waals surface area contributed by atoms with Gasteiger partial charge < -0.3 is 14.6 Å². The number of aryl methyl sites for hydroxylation is 2. The maximum atomic E-state index is 12.7. The van der Waals surface area contributed by atoms with E-state index < -0.39 is 5.97 Å². The number of thiophene rings is 1. The van der Waals surface area contributed by atoms with E-state index in [1.54, 1.807) is 6.92 Å². The zero-order valence-electron chi connectivity index (χ0n) is 14.7. The Morgan fingerprint density at radius 3 is 2.62 bits per heavy atom. The summed E-state index contributed by atoms with van der Waals surface area (Å²) in [6, 6.07) is 9.48. The van der Waals surface area contributed by atoms with Crippen molar-refractivity contribution in [3.05, 3.63) is 58.3 Å². The second kappa shape index (κ2) is 7.53. The molecule has 2 heterocycles. The van der Waals surface area contributed by atoms with Gasteiger partial charge in [-0.05, 0) is 18.9 Å². The molecule has 0 bridgehead atoms. The summed E-state index contributed by atoms with van der Waals surface area (Å²) in [5, 5.41) is 8.98. The second-order valence-electron chi connectivity index (χ2n) is 5.58. The van der Waals surface area contributed by atoms with Crippen LogP contribution >= 0.6 is 11.3 Å². The molecular weight excluding hydrogens is 352 g/mol. The first kappa shape index (κ1) is 17.9. The van der Waals surface area contributed by atoms with E-state index in [4.69, 9.17) is 9.26 Å². The molecule has 26 heavy (non-hydrogen) atoms. The van der Waals surface area contributed by atoms with Crippen LogP contribution in [0.25, 0.3) is 11.1 Å².